The second kappa shape index (κ2) is 7.85. The molecule has 0 radical (unpaired) electrons. The van der Waals surface area contributed by atoms with Gasteiger partial charge in [-0.2, -0.15) is 4.98 Å². The molecule has 0 aliphatic heterocycles. The Labute approximate surface area is 152 Å². The van der Waals surface area contributed by atoms with Gasteiger partial charge in [-0.3, -0.25) is 0 Å². The Morgan fingerprint density at radius 1 is 0.920 bits per heavy atom. The maximum Gasteiger partial charge on any atom is 0.229 e. The molecule has 0 fully saturated rings. The van der Waals surface area contributed by atoms with Crippen LogP contribution in [0.25, 0.3) is 0 Å². The molecule has 0 atom stereocenters. The number of halogens is 1. The molecule has 0 aliphatic carbocycles. The summed E-state index contributed by atoms with van der Waals surface area (Å²) in [5.74, 6) is 2.08. The van der Waals surface area contributed by atoms with E-state index in [1.807, 2.05) is 68.4 Å². The van der Waals surface area contributed by atoms with Crippen molar-refractivity contribution in [2.75, 3.05) is 17.2 Å². The lowest BCUT2D eigenvalue weighted by Gasteiger charge is -2.10. The molecular weight excluding hydrogens is 336 g/mol. The van der Waals surface area contributed by atoms with Gasteiger partial charge in [-0.1, -0.05) is 11.6 Å². The van der Waals surface area contributed by atoms with Crippen LogP contribution in [-0.4, -0.2) is 16.6 Å². The molecule has 2 aromatic carbocycles. The van der Waals surface area contributed by atoms with E-state index in [9.17, 15) is 0 Å². The zero-order valence-corrected chi connectivity index (χ0v) is 14.8. The predicted octanol–water partition coefficient (Wildman–Crippen LogP) is 5.32. The minimum Gasteiger partial charge on any atom is -0.494 e. The number of hydrogen-bond acceptors (Lipinski definition) is 5. The lowest BCUT2D eigenvalue weighted by molar-refractivity contribution is 0.340. The third kappa shape index (κ3) is 4.84. The number of aromatic nitrogens is 2. The van der Waals surface area contributed by atoms with Gasteiger partial charge in [0.2, 0.25) is 5.95 Å². The quantitative estimate of drug-likeness (QED) is 0.627. The van der Waals surface area contributed by atoms with Gasteiger partial charge in [-0.25, -0.2) is 4.98 Å². The van der Waals surface area contributed by atoms with Crippen molar-refractivity contribution in [1.29, 1.82) is 0 Å². The molecule has 1 heterocycles. The highest BCUT2D eigenvalue weighted by molar-refractivity contribution is 6.30. The molecule has 1 aromatic heterocycles. The van der Waals surface area contributed by atoms with Gasteiger partial charge in [0.25, 0.3) is 0 Å². The summed E-state index contributed by atoms with van der Waals surface area (Å²) in [6.07, 6.45) is 0. The fraction of sp³-hybridized carbons (Fsp3) is 0.158. The van der Waals surface area contributed by atoms with Crippen molar-refractivity contribution in [2.24, 2.45) is 0 Å². The van der Waals surface area contributed by atoms with Crippen molar-refractivity contribution in [3.63, 3.8) is 0 Å². The molecule has 0 bridgehead atoms. The van der Waals surface area contributed by atoms with Crippen molar-refractivity contribution in [3.05, 3.63) is 65.3 Å². The van der Waals surface area contributed by atoms with Crippen molar-refractivity contribution in [2.45, 2.75) is 13.8 Å². The molecule has 0 aliphatic rings. The molecule has 3 rings (SSSR count). The first-order chi connectivity index (χ1) is 12.1. The third-order valence-electron chi connectivity index (χ3n) is 3.39. The van der Waals surface area contributed by atoms with E-state index in [-0.39, 0.29) is 0 Å². The molecule has 6 heteroatoms. The summed E-state index contributed by atoms with van der Waals surface area (Å²) in [5.41, 5.74) is 2.67. The first-order valence-electron chi connectivity index (χ1n) is 8.00. The smallest absolute Gasteiger partial charge is 0.229 e. The maximum atomic E-state index is 5.91. The van der Waals surface area contributed by atoms with E-state index in [2.05, 4.69) is 20.6 Å². The zero-order chi connectivity index (χ0) is 17.6. The van der Waals surface area contributed by atoms with E-state index in [1.54, 1.807) is 0 Å². The standard InChI is InChI=1S/C19H19ClN4O/c1-3-25-17-10-8-16(9-11-17)23-19-21-13(2)12-18(24-19)22-15-6-4-14(20)5-7-15/h4-12H,3H2,1-2H3,(H2,21,22,23,24). The minimum atomic E-state index is 0.528. The molecule has 0 amide bonds. The van der Waals surface area contributed by atoms with Crippen LogP contribution in [0.4, 0.5) is 23.1 Å². The molecule has 5 nitrogen and oxygen atoms in total. The highest BCUT2D eigenvalue weighted by Gasteiger charge is 2.04. The number of benzene rings is 2. The highest BCUT2D eigenvalue weighted by atomic mass is 35.5. The van der Waals surface area contributed by atoms with E-state index in [0.29, 0.717) is 23.4 Å². The van der Waals surface area contributed by atoms with Crippen molar-refractivity contribution in [1.82, 2.24) is 9.97 Å². The van der Waals surface area contributed by atoms with Gasteiger partial charge in [-0.15, -0.1) is 0 Å². The molecule has 0 unspecified atom stereocenters. The SMILES string of the molecule is CCOc1ccc(Nc2nc(C)cc(Nc3ccc(Cl)cc3)n2)cc1. The van der Waals surface area contributed by atoms with Gasteiger partial charge in [0.15, 0.2) is 0 Å². The Kier molecular flexibility index (Phi) is 5.36. The van der Waals surface area contributed by atoms with Gasteiger partial charge < -0.3 is 15.4 Å². The Morgan fingerprint density at radius 3 is 2.24 bits per heavy atom. The lowest BCUT2D eigenvalue weighted by atomic mass is 10.3. The van der Waals surface area contributed by atoms with E-state index in [4.69, 9.17) is 16.3 Å². The maximum absolute atomic E-state index is 5.91. The van der Waals surface area contributed by atoms with Gasteiger partial charge in [0, 0.05) is 28.2 Å². The Bertz CT molecular complexity index is 835. The Hall–Kier alpha value is -2.79. The molecular formula is C19H19ClN4O. The fourth-order valence-corrected chi connectivity index (χ4v) is 2.43. The van der Waals surface area contributed by atoms with E-state index >= 15 is 0 Å². The van der Waals surface area contributed by atoms with Crippen LogP contribution in [0.1, 0.15) is 12.6 Å². The third-order valence-corrected chi connectivity index (χ3v) is 3.64. The van der Waals surface area contributed by atoms with Crippen LogP contribution < -0.4 is 15.4 Å². The van der Waals surface area contributed by atoms with Crippen LogP contribution in [0.2, 0.25) is 5.02 Å². The molecule has 128 valence electrons. The first kappa shape index (κ1) is 17.0. The monoisotopic (exact) mass is 354 g/mol. The summed E-state index contributed by atoms with van der Waals surface area (Å²) in [5, 5.41) is 7.16. The molecule has 25 heavy (non-hydrogen) atoms. The average Bonchev–Trinajstić information content (AvgIpc) is 2.58. The van der Waals surface area contributed by atoms with E-state index in [1.165, 1.54) is 0 Å². The number of rotatable bonds is 6. The summed E-state index contributed by atoms with van der Waals surface area (Å²) >= 11 is 5.91. The van der Waals surface area contributed by atoms with Crippen molar-refractivity contribution in [3.8, 4) is 5.75 Å². The molecule has 3 aromatic rings. The normalized spacial score (nSPS) is 10.4. The second-order valence-electron chi connectivity index (χ2n) is 5.43. The summed E-state index contributed by atoms with van der Waals surface area (Å²) in [6.45, 7) is 4.54. The number of nitrogens with zero attached hydrogens (tertiary/aromatic N) is 2. The van der Waals surface area contributed by atoms with Crippen molar-refractivity contribution >= 4 is 34.7 Å². The first-order valence-corrected chi connectivity index (χ1v) is 8.38. The van der Waals surface area contributed by atoms with Crippen LogP contribution in [0.3, 0.4) is 0 Å². The number of hydrogen-bond donors (Lipinski definition) is 2. The minimum absolute atomic E-state index is 0.528. The van der Waals surface area contributed by atoms with Crippen LogP contribution in [0.15, 0.2) is 54.6 Å². The van der Waals surface area contributed by atoms with Crippen molar-refractivity contribution < 1.29 is 4.74 Å². The second-order valence-corrected chi connectivity index (χ2v) is 5.87. The summed E-state index contributed by atoms with van der Waals surface area (Å²) in [4.78, 5) is 8.94. The Balaban J connectivity index is 1.75. The number of aryl methyl sites for hydroxylation is 1. The van der Waals surface area contributed by atoms with Crippen LogP contribution in [0.5, 0.6) is 5.75 Å². The fourth-order valence-electron chi connectivity index (χ4n) is 2.30. The molecule has 2 N–H and O–H groups in total. The van der Waals surface area contributed by atoms with Crippen LogP contribution in [-0.2, 0) is 0 Å². The highest BCUT2D eigenvalue weighted by Crippen LogP contribution is 2.22. The van der Waals surface area contributed by atoms with Gasteiger partial charge >= 0.3 is 0 Å². The molecule has 0 saturated heterocycles. The van der Waals surface area contributed by atoms with Crippen LogP contribution in [0, 0.1) is 6.92 Å². The largest absolute Gasteiger partial charge is 0.494 e. The lowest BCUT2D eigenvalue weighted by Crippen LogP contribution is -2.02. The van der Waals surface area contributed by atoms with Crippen LogP contribution >= 0.6 is 11.6 Å². The van der Waals surface area contributed by atoms with Gasteiger partial charge in [0.1, 0.15) is 11.6 Å². The van der Waals surface area contributed by atoms with Gasteiger partial charge in [0.05, 0.1) is 6.61 Å². The van der Waals surface area contributed by atoms with E-state index < -0.39 is 0 Å². The zero-order valence-electron chi connectivity index (χ0n) is 14.1. The van der Waals surface area contributed by atoms with Gasteiger partial charge in [-0.05, 0) is 62.4 Å². The summed E-state index contributed by atoms with van der Waals surface area (Å²) < 4.78 is 5.45. The topological polar surface area (TPSA) is 59.1 Å². The number of anilines is 4. The number of ether oxygens (including phenoxy) is 1. The Morgan fingerprint density at radius 2 is 1.56 bits per heavy atom. The molecule has 0 saturated carbocycles. The van der Waals surface area contributed by atoms with E-state index in [0.717, 1.165) is 22.8 Å². The summed E-state index contributed by atoms with van der Waals surface area (Å²) in [7, 11) is 0. The summed E-state index contributed by atoms with van der Waals surface area (Å²) in [6, 6.07) is 17.0. The number of nitrogens with one attached hydrogen (secondary N) is 2. The predicted molar refractivity (Wildman–Crippen MR) is 102 cm³/mol. The average molecular weight is 355 g/mol. The molecule has 0 spiro atoms.